The zero-order chi connectivity index (χ0) is 15.3. The molecule has 0 spiro atoms. The van der Waals surface area contributed by atoms with Gasteiger partial charge in [-0.3, -0.25) is 4.79 Å². The van der Waals surface area contributed by atoms with Crippen molar-refractivity contribution < 1.29 is 14.3 Å². The van der Waals surface area contributed by atoms with Gasteiger partial charge in [0.15, 0.2) is 0 Å². The lowest BCUT2D eigenvalue weighted by Gasteiger charge is -2.11. The number of rotatable bonds is 6. The minimum atomic E-state index is -0.387. The summed E-state index contributed by atoms with van der Waals surface area (Å²) in [6.07, 6.45) is 0.744. The van der Waals surface area contributed by atoms with Crippen LogP contribution in [0.4, 0.5) is 5.00 Å². The van der Waals surface area contributed by atoms with Crippen LogP contribution in [-0.2, 0) is 16.0 Å². The van der Waals surface area contributed by atoms with Gasteiger partial charge >= 0.3 is 5.97 Å². The first-order chi connectivity index (χ1) is 9.40. The molecule has 0 unspecified atom stereocenters. The van der Waals surface area contributed by atoms with Crippen molar-refractivity contribution in [1.82, 2.24) is 0 Å². The van der Waals surface area contributed by atoms with E-state index < -0.39 is 0 Å². The molecule has 1 amide bonds. The van der Waals surface area contributed by atoms with Crippen molar-refractivity contribution in [3.63, 3.8) is 0 Å². The predicted octanol–water partition coefficient (Wildman–Crippen LogP) is 3.75. The largest absolute Gasteiger partial charge is 0.459 e. The minimum Gasteiger partial charge on any atom is -0.459 e. The van der Waals surface area contributed by atoms with E-state index in [9.17, 15) is 9.59 Å². The van der Waals surface area contributed by atoms with Crippen molar-refractivity contribution in [2.45, 2.75) is 46.6 Å². The number of halogens is 1. The van der Waals surface area contributed by atoms with Gasteiger partial charge in [0.1, 0.15) is 5.00 Å². The summed E-state index contributed by atoms with van der Waals surface area (Å²) in [6.45, 7) is 7.52. The maximum absolute atomic E-state index is 12.2. The molecule has 0 aliphatic carbocycles. The number of nitrogens with one attached hydrogen (secondary N) is 1. The summed E-state index contributed by atoms with van der Waals surface area (Å²) in [6, 6.07) is 0. The van der Waals surface area contributed by atoms with Crippen LogP contribution in [0.5, 0.6) is 0 Å². The second kappa shape index (κ2) is 7.64. The van der Waals surface area contributed by atoms with Gasteiger partial charge in [0, 0.05) is 17.2 Å². The van der Waals surface area contributed by atoms with Gasteiger partial charge in [-0.25, -0.2) is 4.79 Å². The maximum Gasteiger partial charge on any atom is 0.341 e. The standard InChI is InChI=1S/C14H20ClNO3S/c1-5-10-9(4)20-13(16-11(17)6-7-15)12(10)14(18)19-8(2)3/h8H,5-7H2,1-4H3,(H,16,17). The van der Waals surface area contributed by atoms with E-state index in [0.29, 0.717) is 10.6 Å². The highest BCUT2D eigenvalue weighted by Gasteiger charge is 2.24. The number of anilines is 1. The number of carbonyl (C=O) groups is 2. The molecule has 1 aromatic heterocycles. The Labute approximate surface area is 128 Å². The van der Waals surface area contributed by atoms with Gasteiger partial charge in [0.05, 0.1) is 11.7 Å². The number of thiophene rings is 1. The van der Waals surface area contributed by atoms with Crippen molar-refractivity contribution >= 4 is 39.8 Å². The van der Waals surface area contributed by atoms with Crippen LogP contribution in [0.3, 0.4) is 0 Å². The summed E-state index contributed by atoms with van der Waals surface area (Å²) in [5, 5.41) is 3.31. The molecule has 1 heterocycles. The fourth-order valence-corrected chi connectivity index (χ4v) is 3.18. The van der Waals surface area contributed by atoms with Gasteiger partial charge in [0.2, 0.25) is 5.91 Å². The second-order valence-corrected chi connectivity index (χ2v) is 6.24. The van der Waals surface area contributed by atoms with Crippen LogP contribution in [0.15, 0.2) is 0 Å². The summed E-state index contributed by atoms with van der Waals surface area (Å²) in [5.74, 6) is -0.326. The van der Waals surface area contributed by atoms with Gasteiger partial charge in [-0.2, -0.15) is 0 Å². The Morgan fingerprint density at radius 1 is 1.40 bits per heavy atom. The van der Waals surface area contributed by atoms with Crippen LogP contribution in [0.1, 0.15) is 48.0 Å². The summed E-state index contributed by atoms with van der Waals surface area (Å²) in [7, 11) is 0. The normalized spacial score (nSPS) is 10.7. The van der Waals surface area contributed by atoms with Crippen LogP contribution >= 0.6 is 22.9 Å². The molecule has 0 radical (unpaired) electrons. The molecule has 1 rings (SSSR count). The Hall–Kier alpha value is -1.07. The average Bonchev–Trinajstić information content (AvgIpc) is 2.64. The third-order valence-electron chi connectivity index (χ3n) is 2.68. The molecule has 0 aliphatic heterocycles. The lowest BCUT2D eigenvalue weighted by molar-refractivity contribution is -0.115. The molecule has 0 fully saturated rings. The number of amides is 1. The quantitative estimate of drug-likeness (QED) is 0.642. The molecule has 0 bridgehead atoms. The Morgan fingerprint density at radius 3 is 2.55 bits per heavy atom. The maximum atomic E-state index is 12.2. The highest BCUT2D eigenvalue weighted by atomic mass is 35.5. The Kier molecular flexibility index (Phi) is 6.49. The average molecular weight is 318 g/mol. The summed E-state index contributed by atoms with van der Waals surface area (Å²) < 4.78 is 5.26. The zero-order valence-corrected chi connectivity index (χ0v) is 13.8. The monoisotopic (exact) mass is 317 g/mol. The highest BCUT2D eigenvalue weighted by Crippen LogP contribution is 2.34. The lowest BCUT2D eigenvalue weighted by atomic mass is 10.1. The molecule has 0 saturated heterocycles. The van der Waals surface area contributed by atoms with Crippen molar-refractivity contribution in [2.24, 2.45) is 0 Å². The molecule has 1 N–H and O–H groups in total. The molecule has 1 aromatic rings. The Balaban J connectivity index is 3.10. The van der Waals surface area contributed by atoms with E-state index in [1.54, 1.807) is 13.8 Å². The molecular formula is C14H20ClNO3S. The number of ether oxygens (including phenoxy) is 1. The van der Waals surface area contributed by atoms with Crippen LogP contribution in [0, 0.1) is 6.92 Å². The zero-order valence-electron chi connectivity index (χ0n) is 12.2. The van der Waals surface area contributed by atoms with E-state index in [-0.39, 0.29) is 30.3 Å². The number of hydrogen-bond acceptors (Lipinski definition) is 4. The van der Waals surface area contributed by atoms with Crippen molar-refractivity contribution in [3.8, 4) is 0 Å². The first-order valence-electron chi connectivity index (χ1n) is 6.59. The first kappa shape index (κ1) is 17.0. The lowest BCUT2D eigenvalue weighted by Crippen LogP contribution is -2.17. The Morgan fingerprint density at radius 2 is 2.05 bits per heavy atom. The molecule has 0 atom stereocenters. The minimum absolute atomic E-state index is 0.192. The molecule has 0 aromatic carbocycles. The summed E-state index contributed by atoms with van der Waals surface area (Å²) in [5.41, 5.74) is 1.41. The van der Waals surface area contributed by atoms with E-state index in [4.69, 9.17) is 16.3 Å². The summed E-state index contributed by atoms with van der Waals surface area (Å²) >= 11 is 6.95. The SMILES string of the molecule is CCc1c(C)sc(NC(=O)CCCl)c1C(=O)OC(C)C. The fraction of sp³-hybridized carbons (Fsp3) is 0.571. The van der Waals surface area contributed by atoms with Crippen LogP contribution < -0.4 is 5.32 Å². The predicted molar refractivity (Wildman–Crippen MR) is 83.0 cm³/mol. The second-order valence-electron chi connectivity index (χ2n) is 4.64. The van der Waals surface area contributed by atoms with Gasteiger partial charge in [-0.15, -0.1) is 22.9 Å². The van der Waals surface area contributed by atoms with E-state index in [2.05, 4.69) is 5.32 Å². The third-order valence-corrected chi connectivity index (χ3v) is 3.94. The molecule has 0 saturated carbocycles. The van der Waals surface area contributed by atoms with E-state index in [0.717, 1.165) is 16.9 Å². The van der Waals surface area contributed by atoms with Crippen LogP contribution in [-0.4, -0.2) is 23.9 Å². The van der Waals surface area contributed by atoms with Gasteiger partial charge in [-0.05, 0) is 32.8 Å². The number of carbonyl (C=O) groups excluding carboxylic acids is 2. The van der Waals surface area contributed by atoms with E-state index in [1.165, 1.54) is 11.3 Å². The topological polar surface area (TPSA) is 55.4 Å². The van der Waals surface area contributed by atoms with Crippen molar-refractivity contribution in [3.05, 3.63) is 16.0 Å². The number of esters is 1. The van der Waals surface area contributed by atoms with Crippen molar-refractivity contribution in [2.75, 3.05) is 11.2 Å². The van der Waals surface area contributed by atoms with Crippen molar-refractivity contribution in [1.29, 1.82) is 0 Å². The summed E-state index contributed by atoms with van der Waals surface area (Å²) in [4.78, 5) is 24.9. The third kappa shape index (κ3) is 4.21. The molecule has 112 valence electrons. The number of alkyl halides is 1. The fourth-order valence-electron chi connectivity index (χ4n) is 1.86. The van der Waals surface area contributed by atoms with Gasteiger partial charge in [0.25, 0.3) is 0 Å². The van der Waals surface area contributed by atoms with Crippen LogP contribution in [0.2, 0.25) is 0 Å². The number of aryl methyl sites for hydroxylation is 1. The Bertz CT molecular complexity index is 497. The van der Waals surface area contributed by atoms with E-state index >= 15 is 0 Å². The highest BCUT2D eigenvalue weighted by molar-refractivity contribution is 7.16. The van der Waals surface area contributed by atoms with Crippen LogP contribution in [0.25, 0.3) is 0 Å². The molecule has 6 heteroatoms. The molecule has 20 heavy (non-hydrogen) atoms. The smallest absolute Gasteiger partial charge is 0.341 e. The van der Waals surface area contributed by atoms with Gasteiger partial charge in [-0.1, -0.05) is 6.92 Å². The molecular weight excluding hydrogens is 298 g/mol. The van der Waals surface area contributed by atoms with E-state index in [1.807, 2.05) is 13.8 Å². The molecule has 4 nitrogen and oxygen atoms in total. The first-order valence-corrected chi connectivity index (χ1v) is 7.94. The van der Waals surface area contributed by atoms with Gasteiger partial charge < -0.3 is 10.1 Å². The molecule has 0 aliphatic rings. The number of hydrogen-bond donors (Lipinski definition) is 1.